The topological polar surface area (TPSA) is 46.2 Å². The summed E-state index contributed by atoms with van der Waals surface area (Å²) in [5.41, 5.74) is 5.59. The largest absolute Gasteiger partial charge is 0.393 e. The highest BCUT2D eigenvalue weighted by atomic mass is 16.3. The molecular formula is C9H19NO. The molecule has 1 saturated carbocycles. The molecule has 66 valence electrons. The van der Waals surface area contributed by atoms with Gasteiger partial charge in [-0.2, -0.15) is 0 Å². The zero-order chi connectivity index (χ0) is 8.27. The molecule has 0 heterocycles. The van der Waals surface area contributed by atoms with E-state index in [0.717, 1.165) is 0 Å². The van der Waals surface area contributed by atoms with E-state index >= 15 is 0 Å². The van der Waals surface area contributed by atoms with E-state index < -0.39 is 0 Å². The van der Waals surface area contributed by atoms with Crippen LogP contribution in [0, 0.1) is 11.8 Å². The van der Waals surface area contributed by atoms with Gasteiger partial charge >= 0.3 is 0 Å². The van der Waals surface area contributed by atoms with Gasteiger partial charge in [0.1, 0.15) is 0 Å². The Kier molecular flexibility index (Phi) is 3.34. The first-order valence-electron chi connectivity index (χ1n) is 4.64. The lowest BCUT2D eigenvalue weighted by molar-refractivity contribution is 0.0938. The predicted molar refractivity (Wildman–Crippen MR) is 46.2 cm³/mol. The third-order valence-electron chi connectivity index (χ3n) is 2.90. The quantitative estimate of drug-likeness (QED) is 0.645. The molecule has 1 aliphatic carbocycles. The maximum absolute atomic E-state index is 9.39. The third-order valence-corrected chi connectivity index (χ3v) is 2.90. The molecule has 1 rings (SSSR count). The molecule has 3 N–H and O–H groups in total. The highest BCUT2D eigenvalue weighted by Gasteiger charge is 2.26. The molecule has 2 unspecified atom stereocenters. The van der Waals surface area contributed by atoms with Gasteiger partial charge in [0.05, 0.1) is 6.10 Å². The lowest BCUT2D eigenvalue weighted by atomic mass is 9.87. The van der Waals surface area contributed by atoms with Gasteiger partial charge in [0.15, 0.2) is 0 Å². The molecule has 2 atom stereocenters. The molecule has 1 aliphatic rings. The van der Waals surface area contributed by atoms with E-state index in [1.807, 2.05) is 6.92 Å². The summed E-state index contributed by atoms with van der Waals surface area (Å²) < 4.78 is 0. The number of aliphatic hydroxyl groups is 1. The molecule has 2 nitrogen and oxygen atoms in total. The first-order chi connectivity index (χ1) is 5.25. The molecule has 0 radical (unpaired) electrons. The van der Waals surface area contributed by atoms with Crippen molar-refractivity contribution in [3.05, 3.63) is 0 Å². The zero-order valence-corrected chi connectivity index (χ0v) is 7.29. The molecule has 0 amide bonds. The monoisotopic (exact) mass is 157 g/mol. The van der Waals surface area contributed by atoms with Crippen molar-refractivity contribution in [2.75, 3.05) is 6.54 Å². The summed E-state index contributed by atoms with van der Waals surface area (Å²) in [5.74, 6) is 1.04. The Labute approximate surface area is 68.8 Å². The predicted octanol–water partition coefficient (Wildman–Crippen LogP) is 1.13. The van der Waals surface area contributed by atoms with Crippen LogP contribution in [0.15, 0.2) is 0 Å². The van der Waals surface area contributed by atoms with Crippen molar-refractivity contribution in [2.24, 2.45) is 17.6 Å². The van der Waals surface area contributed by atoms with Gasteiger partial charge in [-0.25, -0.2) is 0 Å². The van der Waals surface area contributed by atoms with E-state index in [1.54, 1.807) is 0 Å². The van der Waals surface area contributed by atoms with Crippen molar-refractivity contribution in [3.8, 4) is 0 Å². The number of rotatable bonds is 3. The normalized spacial score (nSPS) is 25.4. The summed E-state index contributed by atoms with van der Waals surface area (Å²) in [5, 5.41) is 9.39. The Balaban J connectivity index is 2.40. The van der Waals surface area contributed by atoms with Gasteiger partial charge in [-0.05, 0) is 25.3 Å². The molecular weight excluding hydrogens is 138 g/mol. The molecule has 0 bridgehead atoms. The van der Waals surface area contributed by atoms with Gasteiger partial charge in [-0.15, -0.1) is 0 Å². The minimum absolute atomic E-state index is 0.219. The number of hydrogen-bond donors (Lipinski definition) is 2. The van der Waals surface area contributed by atoms with Crippen molar-refractivity contribution >= 4 is 0 Å². The molecule has 1 fully saturated rings. The lowest BCUT2D eigenvalue weighted by Gasteiger charge is -2.24. The summed E-state index contributed by atoms with van der Waals surface area (Å²) in [7, 11) is 0. The fourth-order valence-electron chi connectivity index (χ4n) is 2.17. The summed E-state index contributed by atoms with van der Waals surface area (Å²) >= 11 is 0. The average Bonchev–Trinajstić information content (AvgIpc) is 2.40. The van der Waals surface area contributed by atoms with Gasteiger partial charge in [-0.3, -0.25) is 0 Å². The average molecular weight is 157 g/mol. The van der Waals surface area contributed by atoms with Crippen LogP contribution in [-0.4, -0.2) is 17.8 Å². The van der Waals surface area contributed by atoms with E-state index in [0.29, 0.717) is 18.4 Å². The Morgan fingerprint density at radius 1 is 1.45 bits per heavy atom. The summed E-state index contributed by atoms with van der Waals surface area (Å²) in [6, 6.07) is 0. The highest BCUT2D eigenvalue weighted by Crippen LogP contribution is 2.32. The Morgan fingerprint density at radius 3 is 2.36 bits per heavy atom. The number of aliphatic hydroxyl groups excluding tert-OH is 1. The van der Waals surface area contributed by atoms with Gasteiger partial charge in [0.25, 0.3) is 0 Å². The van der Waals surface area contributed by atoms with Crippen molar-refractivity contribution in [1.82, 2.24) is 0 Å². The van der Waals surface area contributed by atoms with E-state index in [4.69, 9.17) is 5.73 Å². The third kappa shape index (κ3) is 2.17. The van der Waals surface area contributed by atoms with Gasteiger partial charge < -0.3 is 10.8 Å². The molecule has 0 spiro atoms. The van der Waals surface area contributed by atoms with Crippen LogP contribution >= 0.6 is 0 Å². The van der Waals surface area contributed by atoms with Crippen LogP contribution in [0.25, 0.3) is 0 Å². The van der Waals surface area contributed by atoms with Crippen LogP contribution in [0.1, 0.15) is 32.6 Å². The summed E-state index contributed by atoms with van der Waals surface area (Å²) in [4.78, 5) is 0. The van der Waals surface area contributed by atoms with Gasteiger partial charge in [0, 0.05) is 0 Å². The van der Waals surface area contributed by atoms with Crippen molar-refractivity contribution in [2.45, 2.75) is 38.7 Å². The first kappa shape index (κ1) is 9.01. The second kappa shape index (κ2) is 4.07. The van der Waals surface area contributed by atoms with Gasteiger partial charge in [-0.1, -0.05) is 25.7 Å². The first-order valence-corrected chi connectivity index (χ1v) is 4.64. The fourth-order valence-corrected chi connectivity index (χ4v) is 2.17. The van der Waals surface area contributed by atoms with Crippen LogP contribution in [-0.2, 0) is 0 Å². The summed E-state index contributed by atoms with van der Waals surface area (Å²) in [6.45, 7) is 2.50. The van der Waals surface area contributed by atoms with Crippen LogP contribution in [0.3, 0.4) is 0 Å². The SMILES string of the molecule is CC(O)C(CN)C1CCCC1. The fraction of sp³-hybridized carbons (Fsp3) is 1.00. The minimum atomic E-state index is -0.219. The molecule has 2 heteroatoms. The second-order valence-electron chi connectivity index (χ2n) is 3.68. The zero-order valence-electron chi connectivity index (χ0n) is 7.29. The maximum Gasteiger partial charge on any atom is 0.0554 e. The van der Waals surface area contributed by atoms with Crippen LogP contribution in [0.2, 0.25) is 0 Å². The molecule has 0 saturated heterocycles. The van der Waals surface area contributed by atoms with Crippen LogP contribution in [0.4, 0.5) is 0 Å². The highest BCUT2D eigenvalue weighted by molar-refractivity contribution is 4.78. The number of nitrogens with two attached hydrogens (primary N) is 1. The second-order valence-corrected chi connectivity index (χ2v) is 3.68. The van der Waals surface area contributed by atoms with Crippen molar-refractivity contribution in [1.29, 1.82) is 0 Å². The van der Waals surface area contributed by atoms with E-state index in [1.165, 1.54) is 25.7 Å². The lowest BCUT2D eigenvalue weighted by Crippen LogP contribution is -2.31. The standard InChI is InChI=1S/C9H19NO/c1-7(11)9(6-10)8-4-2-3-5-8/h7-9,11H,2-6,10H2,1H3. The minimum Gasteiger partial charge on any atom is -0.393 e. The molecule has 0 aliphatic heterocycles. The molecule has 0 aromatic carbocycles. The van der Waals surface area contributed by atoms with E-state index in [9.17, 15) is 5.11 Å². The Hall–Kier alpha value is -0.0800. The van der Waals surface area contributed by atoms with Crippen LogP contribution < -0.4 is 5.73 Å². The molecule has 0 aromatic heterocycles. The Morgan fingerprint density at radius 2 is 2.00 bits per heavy atom. The van der Waals surface area contributed by atoms with Crippen molar-refractivity contribution < 1.29 is 5.11 Å². The molecule has 0 aromatic rings. The summed E-state index contributed by atoms with van der Waals surface area (Å²) in [6.07, 6.45) is 4.98. The van der Waals surface area contributed by atoms with Crippen LogP contribution in [0.5, 0.6) is 0 Å². The van der Waals surface area contributed by atoms with Crippen molar-refractivity contribution in [3.63, 3.8) is 0 Å². The van der Waals surface area contributed by atoms with E-state index in [2.05, 4.69) is 0 Å². The molecule has 11 heavy (non-hydrogen) atoms. The maximum atomic E-state index is 9.39. The van der Waals surface area contributed by atoms with Gasteiger partial charge in [0.2, 0.25) is 0 Å². The number of hydrogen-bond acceptors (Lipinski definition) is 2. The smallest absolute Gasteiger partial charge is 0.0554 e. The Bertz CT molecular complexity index is 108. The van der Waals surface area contributed by atoms with E-state index in [-0.39, 0.29) is 6.10 Å².